The Bertz CT molecular complexity index is 350. The predicted octanol–water partition coefficient (Wildman–Crippen LogP) is 2.82. The minimum atomic E-state index is -0.455. The molecule has 0 radical (unpaired) electrons. The topological polar surface area (TPSA) is 96.7 Å². The molecule has 1 fully saturated rings. The Kier molecular flexibility index (Phi) is 9.43. The van der Waals surface area contributed by atoms with E-state index in [4.69, 9.17) is 19.7 Å². The summed E-state index contributed by atoms with van der Waals surface area (Å²) in [6, 6.07) is -0.448. The molecular formula is C15H29N3O4. The lowest BCUT2D eigenvalue weighted by Gasteiger charge is -2.43. The Morgan fingerprint density at radius 1 is 1.14 bits per heavy atom. The van der Waals surface area contributed by atoms with Crippen LogP contribution in [0.4, 0.5) is 0 Å². The van der Waals surface area contributed by atoms with Gasteiger partial charge < -0.3 is 19.3 Å². The van der Waals surface area contributed by atoms with Gasteiger partial charge in [0.2, 0.25) is 0 Å². The lowest BCUT2D eigenvalue weighted by Crippen LogP contribution is -2.59. The standard InChI is InChI=1S/C15H29N3O4/c1-4-6-8-20-14-12(10-19)22-11(3)13(17-18-16)15(14)21-9-7-5-2/h11-15,19H,4-10H2,1-3H3/t11-,12?,13?,14+,15+/m0/s1. The molecule has 1 rings (SSSR count). The monoisotopic (exact) mass is 315 g/mol. The fraction of sp³-hybridized carbons (Fsp3) is 1.00. The van der Waals surface area contributed by atoms with E-state index in [1.165, 1.54) is 0 Å². The first-order valence-corrected chi connectivity index (χ1v) is 8.23. The molecule has 0 spiro atoms. The summed E-state index contributed by atoms with van der Waals surface area (Å²) in [6.07, 6.45) is 2.33. The van der Waals surface area contributed by atoms with Gasteiger partial charge in [-0.15, -0.1) is 0 Å². The SMILES string of the molecule is CCCCO[C@@H]1C(CO)O[C@@H](C)C(N=[N+]=[N-])[C@H]1OCCCC. The third kappa shape index (κ3) is 5.41. The molecule has 7 nitrogen and oxygen atoms in total. The average molecular weight is 315 g/mol. The zero-order valence-corrected chi connectivity index (χ0v) is 13.9. The molecule has 0 bridgehead atoms. The van der Waals surface area contributed by atoms with Crippen LogP contribution in [0.5, 0.6) is 0 Å². The maximum Gasteiger partial charge on any atom is 0.112 e. The maximum atomic E-state index is 9.58. The van der Waals surface area contributed by atoms with Crippen LogP contribution in [-0.4, -0.2) is 55.4 Å². The fourth-order valence-electron chi connectivity index (χ4n) is 2.60. The summed E-state index contributed by atoms with van der Waals surface area (Å²) in [7, 11) is 0. The summed E-state index contributed by atoms with van der Waals surface area (Å²) in [6.45, 7) is 7.03. The number of hydrogen-bond acceptors (Lipinski definition) is 5. The van der Waals surface area contributed by atoms with Gasteiger partial charge in [-0.1, -0.05) is 31.8 Å². The van der Waals surface area contributed by atoms with E-state index in [9.17, 15) is 5.11 Å². The zero-order chi connectivity index (χ0) is 16.4. The number of rotatable bonds is 10. The first kappa shape index (κ1) is 19.2. The van der Waals surface area contributed by atoms with Gasteiger partial charge in [0.05, 0.1) is 24.9 Å². The largest absolute Gasteiger partial charge is 0.394 e. The van der Waals surface area contributed by atoms with E-state index in [0.29, 0.717) is 13.2 Å². The number of ether oxygens (including phenoxy) is 3. The van der Waals surface area contributed by atoms with Crippen molar-refractivity contribution >= 4 is 0 Å². The number of nitrogens with zero attached hydrogens (tertiary/aromatic N) is 3. The number of hydrogen-bond donors (Lipinski definition) is 1. The Labute approximate surface area is 132 Å². The molecule has 0 aromatic heterocycles. The molecular weight excluding hydrogens is 286 g/mol. The number of aliphatic hydroxyl groups is 1. The first-order valence-electron chi connectivity index (χ1n) is 8.23. The van der Waals surface area contributed by atoms with Crippen molar-refractivity contribution in [1.29, 1.82) is 0 Å². The maximum absolute atomic E-state index is 9.58. The van der Waals surface area contributed by atoms with Crippen LogP contribution in [0.25, 0.3) is 10.4 Å². The predicted molar refractivity (Wildman–Crippen MR) is 83.7 cm³/mol. The Morgan fingerprint density at radius 3 is 2.23 bits per heavy atom. The van der Waals surface area contributed by atoms with Gasteiger partial charge in [0, 0.05) is 18.1 Å². The highest BCUT2D eigenvalue weighted by Gasteiger charge is 2.45. The second-order valence-electron chi connectivity index (χ2n) is 5.64. The van der Waals surface area contributed by atoms with Gasteiger partial charge in [-0.3, -0.25) is 0 Å². The van der Waals surface area contributed by atoms with Crippen molar-refractivity contribution in [3.8, 4) is 0 Å². The van der Waals surface area contributed by atoms with E-state index in [1.54, 1.807) is 0 Å². The summed E-state index contributed by atoms with van der Waals surface area (Å²) >= 11 is 0. The highest BCUT2D eigenvalue weighted by atomic mass is 16.6. The molecule has 7 heteroatoms. The zero-order valence-electron chi connectivity index (χ0n) is 13.9. The molecule has 5 atom stereocenters. The van der Waals surface area contributed by atoms with Crippen LogP contribution in [-0.2, 0) is 14.2 Å². The van der Waals surface area contributed by atoms with Gasteiger partial charge in [0.25, 0.3) is 0 Å². The molecule has 0 aromatic carbocycles. The minimum absolute atomic E-state index is 0.141. The highest BCUT2D eigenvalue weighted by molar-refractivity contribution is 4.97. The highest BCUT2D eigenvalue weighted by Crippen LogP contribution is 2.28. The Morgan fingerprint density at radius 2 is 1.73 bits per heavy atom. The molecule has 0 aromatic rings. The Hall–Kier alpha value is -0.850. The molecule has 2 unspecified atom stereocenters. The molecule has 1 heterocycles. The smallest absolute Gasteiger partial charge is 0.112 e. The van der Waals surface area contributed by atoms with Crippen LogP contribution in [0.3, 0.4) is 0 Å². The lowest BCUT2D eigenvalue weighted by molar-refractivity contribution is -0.214. The van der Waals surface area contributed by atoms with Crippen LogP contribution in [0, 0.1) is 0 Å². The van der Waals surface area contributed by atoms with Crippen LogP contribution in [0.15, 0.2) is 5.11 Å². The number of aliphatic hydroxyl groups excluding tert-OH is 1. The summed E-state index contributed by atoms with van der Waals surface area (Å²) in [5.41, 5.74) is 8.81. The molecule has 22 heavy (non-hydrogen) atoms. The minimum Gasteiger partial charge on any atom is -0.394 e. The van der Waals surface area contributed by atoms with E-state index < -0.39 is 18.2 Å². The van der Waals surface area contributed by atoms with Crippen LogP contribution in [0.1, 0.15) is 46.5 Å². The Balaban J connectivity index is 2.86. The quantitative estimate of drug-likeness (QED) is 0.290. The van der Waals surface area contributed by atoms with Gasteiger partial charge in [-0.05, 0) is 25.3 Å². The van der Waals surface area contributed by atoms with E-state index in [-0.39, 0.29) is 18.8 Å². The molecule has 0 saturated carbocycles. The number of unbranched alkanes of at least 4 members (excludes halogenated alkanes) is 2. The van der Waals surface area contributed by atoms with Crippen molar-refractivity contribution in [3.63, 3.8) is 0 Å². The van der Waals surface area contributed by atoms with E-state index in [2.05, 4.69) is 23.9 Å². The van der Waals surface area contributed by atoms with E-state index in [1.807, 2.05) is 6.92 Å². The third-order valence-corrected chi connectivity index (χ3v) is 3.88. The molecule has 0 aliphatic carbocycles. The van der Waals surface area contributed by atoms with E-state index >= 15 is 0 Å². The van der Waals surface area contributed by atoms with Gasteiger partial charge in [-0.2, -0.15) is 0 Å². The molecule has 1 aliphatic heterocycles. The molecule has 1 N–H and O–H groups in total. The van der Waals surface area contributed by atoms with Crippen molar-refractivity contribution in [2.24, 2.45) is 5.11 Å². The normalized spacial score (nSPS) is 31.7. The molecule has 128 valence electrons. The fourth-order valence-corrected chi connectivity index (χ4v) is 2.60. The summed E-state index contributed by atoms with van der Waals surface area (Å²) in [5, 5.41) is 13.4. The number of azide groups is 1. The summed E-state index contributed by atoms with van der Waals surface area (Å²) in [4.78, 5) is 2.92. The van der Waals surface area contributed by atoms with Crippen LogP contribution >= 0.6 is 0 Å². The van der Waals surface area contributed by atoms with E-state index in [0.717, 1.165) is 25.7 Å². The average Bonchev–Trinajstić information content (AvgIpc) is 2.52. The first-order chi connectivity index (χ1) is 10.7. The second-order valence-corrected chi connectivity index (χ2v) is 5.64. The van der Waals surface area contributed by atoms with Gasteiger partial charge in [0.15, 0.2) is 0 Å². The summed E-state index contributed by atoms with van der Waals surface area (Å²) in [5.74, 6) is 0. The molecule has 1 saturated heterocycles. The third-order valence-electron chi connectivity index (χ3n) is 3.88. The lowest BCUT2D eigenvalue weighted by atomic mass is 9.93. The summed E-state index contributed by atoms with van der Waals surface area (Å²) < 4.78 is 17.6. The molecule has 1 aliphatic rings. The van der Waals surface area contributed by atoms with Crippen LogP contribution < -0.4 is 0 Å². The van der Waals surface area contributed by atoms with Crippen molar-refractivity contribution in [2.45, 2.75) is 76.9 Å². The van der Waals surface area contributed by atoms with Crippen molar-refractivity contribution in [3.05, 3.63) is 10.4 Å². The molecule has 0 amide bonds. The van der Waals surface area contributed by atoms with Gasteiger partial charge in [0.1, 0.15) is 12.2 Å². The van der Waals surface area contributed by atoms with Crippen LogP contribution in [0.2, 0.25) is 0 Å². The van der Waals surface area contributed by atoms with Crippen molar-refractivity contribution in [1.82, 2.24) is 0 Å². The van der Waals surface area contributed by atoms with Crippen molar-refractivity contribution < 1.29 is 19.3 Å². The van der Waals surface area contributed by atoms with Crippen molar-refractivity contribution in [2.75, 3.05) is 19.8 Å². The van der Waals surface area contributed by atoms with Gasteiger partial charge >= 0.3 is 0 Å². The second kappa shape index (κ2) is 10.8. The van der Waals surface area contributed by atoms with Gasteiger partial charge in [-0.25, -0.2) is 0 Å².